The molecule has 0 aliphatic heterocycles. The number of nitro benzene ring substituents is 1. The predicted molar refractivity (Wildman–Crippen MR) is 62.0 cm³/mol. The number of esters is 1. The summed E-state index contributed by atoms with van der Waals surface area (Å²) >= 11 is 0. The topological polar surface area (TPSA) is 98.5 Å². The van der Waals surface area contributed by atoms with Gasteiger partial charge in [0.05, 0.1) is 12.0 Å². The largest absolute Gasteiger partial charge is 0.467 e. The van der Waals surface area contributed by atoms with E-state index in [1.807, 2.05) is 5.32 Å². The van der Waals surface area contributed by atoms with Crippen molar-refractivity contribution in [2.24, 2.45) is 0 Å². The molecule has 9 heteroatoms. The lowest BCUT2D eigenvalue weighted by Gasteiger charge is -2.12. The third-order valence-corrected chi connectivity index (χ3v) is 2.40. The van der Waals surface area contributed by atoms with E-state index in [1.54, 1.807) is 0 Å². The fourth-order valence-corrected chi connectivity index (χ4v) is 1.40. The van der Waals surface area contributed by atoms with Gasteiger partial charge in [-0.05, 0) is 13.0 Å². The summed E-state index contributed by atoms with van der Waals surface area (Å²) in [7, 11) is 1.07. The Morgan fingerprint density at radius 2 is 2.00 bits per heavy atom. The van der Waals surface area contributed by atoms with E-state index >= 15 is 0 Å². The first-order valence-corrected chi connectivity index (χ1v) is 5.30. The second-order valence-electron chi connectivity index (χ2n) is 3.73. The van der Waals surface area contributed by atoms with Gasteiger partial charge in [0, 0.05) is 6.07 Å². The zero-order chi connectivity index (χ0) is 15.4. The monoisotopic (exact) mass is 288 g/mol. The number of halogens is 2. The van der Waals surface area contributed by atoms with Gasteiger partial charge >= 0.3 is 11.7 Å². The molecule has 1 N–H and O–H groups in total. The molecule has 1 rings (SSSR count). The summed E-state index contributed by atoms with van der Waals surface area (Å²) in [5.74, 6) is -5.00. The van der Waals surface area contributed by atoms with E-state index < -0.39 is 45.7 Å². The van der Waals surface area contributed by atoms with Gasteiger partial charge in [0.25, 0.3) is 5.91 Å². The fraction of sp³-hybridized carbons (Fsp3) is 0.273. The fourth-order valence-electron chi connectivity index (χ4n) is 1.40. The van der Waals surface area contributed by atoms with Gasteiger partial charge in [0.15, 0.2) is 0 Å². The quantitative estimate of drug-likeness (QED) is 0.509. The van der Waals surface area contributed by atoms with Crippen LogP contribution in [-0.4, -0.2) is 30.0 Å². The molecule has 0 saturated heterocycles. The summed E-state index contributed by atoms with van der Waals surface area (Å²) in [4.78, 5) is 32.2. The Labute approximate surface area is 111 Å². The third-order valence-electron chi connectivity index (χ3n) is 2.40. The number of hydrogen-bond acceptors (Lipinski definition) is 5. The maximum atomic E-state index is 13.7. The van der Waals surface area contributed by atoms with Crippen LogP contribution in [-0.2, 0) is 9.53 Å². The van der Waals surface area contributed by atoms with Gasteiger partial charge in [-0.1, -0.05) is 0 Å². The van der Waals surface area contributed by atoms with Gasteiger partial charge < -0.3 is 10.1 Å². The van der Waals surface area contributed by atoms with Crippen molar-refractivity contribution < 1.29 is 28.0 Å². The van der Waals surface area contributed by atoms with E-state index in [-0.39, 0.29) is 0 Å². The summed E-state index contributed by atoms with van der Waals surface area (Å²) in [6.07, 6.45) is 0. The molecule has 0 spiro atoms. The average Bonchev–Trinajstić information content (AvgIpc) is 2.37. The van der Waals surface area contributed by atoms with Crippen molar-refractivity contribution in [3.63, 3.8) is 0 Å². The zero-order valence-corrected chi connectivity index (χ0v) is 10.5. The van der Waals surface area contributed by atoms with E-state index in [4.69, 9.17) is 0 Å². The molecule has 0 bridgehead atoms. The molecule has 20 heavy (non-hydrogen) atoms. The van der Waals surface area contributed by atoms with Crippen LogP contribution in [0.2, 0.25) is 0 Å². The molecule has 7 nitrogen and oxygen atoms in total. The number of hydrogen-bond donors (Lipinski definition) is 1. The molecule has 0 radical (unpaired) electrons. The standard InChI is InChI=1S/C11H10F2N2O5/c1-5(11(17)20-2)14-10(16)8-6(12)3-4-7(9(8)13)15(18)19/h3-5H,1-2H3,(H,14,16)/t5-/m0/s1. The van der Waals surface area contributed by atoms with Crippen molar-refractivity contribution in [3.05, 3.63) is 39.4 Å². The van der Waals surface area contributed by atoms with Crippen LogP contribution in [0, 0.1) is 21.7 Å². The van der Waals surface area contributed by atoms with Crippen molar-refractivity contribution in [3.8, 4) is 0 Å². The molecule has 0 heterocycles. The van der Waals surface area contributed by atoms with E-state index in [0.717, 1.165) is 7.11 Å². The number of methoxy groups -OCH3 is 1. The van der Waals surface area contributed by atoms with E-state index in [2.05, 4.69) is 4.74 Å². The molecule has 0 saturated carbocycles. The smallest absolute Gasteiger partial charge is 0.328 e. The number of carbonyl (C=O) groups is 2. The number of nitrogens with zero attached hydrogens (tertiary/aromatic N) is 1. The Hall–Kier alpha value is -2.58. The summed E-state index contributed by atoms with van der Waals surface area (Å²) in [6.45, 7) is 1.23. The van der Waals surface area contributed by atoms with Gasteiger partial charge in [0.1, 0.15) is 17.4 Å². The molecule has 0 aliphatic carbocycles. The van der Waals surface area contributed by atoms with E-state index in [1.165, 1.54) is 6.92 Å². The summed E-state index contributed by atoms with van der Waals surface area (Å²) in [5.41, 5.74) is -2.17. The highest BCUT2D eigenvalue weighted by Crippen LogP contribution is 2.23. The molecular weight excluding hydrogens is 278 g/mol. The minimum absolute atomic E-state index is 0.596. The normalized spacial score (nSPS) is 11.6. The Balaban J connectivity index is 3.13. The van der Waals surface area contributed by atoms with Crippen LogP contribution in [0.4, 0.5) is 14.5 Å². The van der Waals surface area contributed by atoms with Crippen LogP contribution < -0.4 is 5.32 Å². The first-order valence-electron chi connectivity index (χ1n) is 5.30. The highest BCUT2D eigenvalue weighted by atomic mass is 19.1. The number of nitro groups is 1. The van der Waals surface area contributed by atoms with Crippen molar-refractivity contribution in [2.45, 2.75) is 13.0 Å². The first-order chi connectivity index (χ1) is 9.29. The number of benzene rings is 1. The van der Waals surface area contributed by atoms with Crippen LogP contribution in [0.5, 0.6) is 0 Å². The Bertz CT molecular complexity index is 576. The third kappa shape index (κ3) is 3.05. The molecule has 1 aromatic rings. The summed E-state index contributed by atoms with van der Waals surface area (Å²) < 4.78 is 31.5. The second-order valence-corrected chi connectivity index (χ2v) is 3.73. The van der Waals surface area contributed by atoms with Crippen LogP contribution in [0.1, 0.15) is 17.3 Å². The number of ether oxygens (including phenoxy) is 1. The first kappa shape index (κ1) is 15.5. The van der Waals surface area contributed by atoms with Crippen molar-refractivity contribution in [1.82, 2.24) is 5.32 Å². The zero-order valence-electron chi connectivity index (χ0n) is 10.5. The maximum absolute atomic E-state index is 13.7. The van der Waals surface area contributed by atoms with Crippen molar-refractivity contribution in [1.29, 1.82) is 0 Å². The SMILES string of the molecule is COC(=O)[C@H](C)NC(=O)c1c(F)ccc([N+](=O)[O-])c1F. The lowest BCUT2D eigenvalue weighted by Crippen LogP contribution is -2.39. The number of amides is 1. The van der Waals surface area contributed by atoms with Crippen LogP contribution in [0.3, 0.4) is 0 Å². The van der Waals surface area contributed by atoms with Crippen molar-refractivity contribution in [2.75, 3.05) is 7.11 Å². The van der Waals surface area contributed by atoms with Gasteiger partial charge in [-0.2, -0.15) is 4.39 Å². The van der Waals surface area contributed by atoms with Crippen molar-refractivity contribution >= 4 is 17.6 Å². The van der Waals surface area contributed by atoms with Crippen LogP contribution in [0.25, 0.3) is 0 Å². The Morgan fingerprint density at radius 1 is 1.40 bits per heavy atom. The average molecular weight is 288 g/mol. The Kier molecular flexibility index (Phi) is 4.68. The molecule has 1 aromatic carbocycles. The molecule has 1 atom stereocenters. The van der Waals surface area contributed by atoms with Gasteiger partial charge in [-0.3, -0.25) is 14.9 Å². The highest BCUT2D eigenvalue weighted by Gasteiger charge is 2.28. The molecule has 0 aromatic heterocycles. The van der Waals surface area contributed by atoms with E-state index in [0.29, 0.717) is 12.1 Å². The highest BCUT2D eigenvalue weighted by molar-refractivity contribution is 5.97. The number of carbonyl (C=O) groups excluding carboxylic acids is 2. The summed E-state index contributed by atoms with van der Waals surface area (Å²) in [6, 6.07) is 0.0370. The molecule has 108 valence electrons. The maximum Gasteiger partial charge on any atom is 0.328 e. The molecular formula is C11H10F2N2O5. The molecule has 0 aliphatic rings. The van der Waals surface area contributed by atoms with Crippen LogP contribution in [0.15, 0.2) is 12.1 Å². The summed E-state index contributed by atoms with van der Waals surface area (Å²) in [5, 5.41) is 12.5. The molecule has 0 unspecified atom stereocenters. The van der Waals surface area contributed by atoms with Gasteiger partial charge in [-0.25, -0.2) is 9.18 Å². The predicted octanol–water partition coefficient (Wildman–Crippen LogP) is 1.16. The van der Waals surface area contributed by atoms with E-state index in [9.17, 15) is 28.5 Å². The minimum Gasteiger partial charge on any atom is -0.467 e. The number of rotatable bonds is 4. The molecule has 1 amide bonds. The lowest BCUT2D eigenvalue weighted by atomic mass is 10.1. The van der Waals surface area contributed by atoms with Gasteiger partial charge in [-0.15, -0.1) is 0 Å². The molecule has 0 fully saturated rings. The second kappa shape index (κ2) is 6.04. The minimum atomic E-state index is -1.61. The van der Waals surface area contributed by atoms with Gasteiger partial charge in [0.2, 0.25) is 5.82 Å². The number of nitrogens with one attached hydrogen (secondary N) is 1. The lowest BCUT2D eigenvalue weighted by molar-refractivity contribution is -0.387. The van der Waals surface area contributed by atoms with Crippen LogP contribution >= 0.6 is 0 Å². The Morgan fingerprint density at radius 3 is 2.50 bits per heavy atom.